The Labute approximate surface area is 150 Å². The van der Waals surface area contributed by atoms with Crippen molar-refractivity contribution < 1.29 is 18.3 Å². The number of hydrogen-bond donors (Lipinski definition) is 0. The second kappa shape index (κ2) is 7.04. The number of aromatic nitrogens is 4. The molecule has 0 aliphatic carbocycles. The third-order valence-corrected chi connectivity index (χ3v) is 3.74. The molecule has 2 heterocycles. The van der Waals surface area contributed by atoms with Crippen LogP contribution in [0.15, 0.2) is 47.5 Å². The van der Waals surface area contributed by atoms with Gasteiger partial charge in [-0.1, -0.05) is 23.7 Å². The summed E-state index contributed by atoms with van der Waals surface area (Å²) in [4.78, 5) is 24.5. The van der Waals surface area contributed by atoms with Gasteiger partial charge in [0, 0.05) is 10.6 Å². The van der Waals surface area contributed by atoms with Gasteiger partial charge in [0.2, 0.25) is 0 Å². The van der Waals surface area contributed by atoms with Crippen molar-refractivity contribution in [2.24, 2.45) is 0 Å². The zero-order chi connectivity index (χ0) is 18.8. The number of carbonyl (C=O) groups excluding carboxylic acids is 1. The van der Waals surface area contributed by atoms with Crippen LogP contribution in [0.3, 0.4) is 0 Å². The van der Waals surface area contributed by atoms with Crippen LogP contribution in [0.1, 0.15) is 16.9 Å². The van der Waals surface area contributed by atoms with Gasteiger partial charge in [-0.3, -0.25) is 4.79 Å². The molecule has 2 aromatic heterocycles. The Bertz CT molecular complexity index is 1020. The summed E-state index contributed by atoms with van der Waals surface area (Å²) < 4.78 is 31.3. The number of carbonyl (C=O) groups is 1. The minimum Gasteiger partial charge on any atom is -0.465 e. The molecule has 0 aliphatic heterocycles. The molecule has 0 N–H and O–H groups in total. The SMILES string of the molecule is COC(=O)c1cc(-c2ccc(Cl)cc2)nn(-c2cnn(C(F)F)c2)c1=O. The number of alkyl halides is 2. The highest BCUT2D eigenvalue weighted by Crippen LogP contribution is 2.21. The lowest BCUT2D eigenvalue weighted by Gasteiger charge is -2.08. The third-order valence-electron chi connectivity index (χ3n) is 3.49. The minimum atomic E-state index is -2.88. The summed E-state index contributed by atoms with van der Waals surface area (Å²) in [6.07, 6.45) is 2.00. The smallest absolute Gasteiger partial charge is 0.343 e. The monoisotopic (exact) mass is 380 g/mol. The highest BCUT2D eigenvalue weighted by Gasteiger charge is 2.19. The number of nitrogens with zero attached hydrogens (tertiary/aromatic N) is 4. The van der Waals surface area contributed by atoms with Gasteiger partial charge in [0.05, 0.1) is 25.2 Å². The molecule has 7 nitrogen and oxygen atoms in total. The van der Waals surface area contributed by atoms with Crippen molar-refractivity contribution in [2.45, 2.75) is 6.55 Å². The Morgan fingerprint density at radius 1 is 1.27 bits per heavy atom. The van der Waals surface area contributed by atoms with E-state index in [9.17, 15) is 18.4 Å². The number of ether oxygens (including phenoxy) is 1. The van der Waals surface area contributed by atoms with Gasteiger partial charge in [0.25, 0.3) is 5.56 Å². The summed E-state index contributed by atoms with van der Waals surface area (Å²) in [7, 11) is 1.13. The van der Waals surface area contributed by atoms with E-state index in [0.717, 1.165) is 24.2 Å². The summed E-state index contributed by atoms with van der Waals surface area (Å²) in [5, 5.41) is 8.12. The molecule has 0 bridgehead atoms. The first kappa shape index (κ1) is 17.7. The van der Waals surface area contributed by atoms with E-state index in [4.69, 9.17) is 11.6 Å². The van der Waals surface area contributed by atoms with Crippen LogP contribution in [-0.4, -0.2) is 32.6 Å². The zero-order valence-corrected chi connectivity index (χ0v) is 14.0. The molecule has 0 spiro atoms. The van der Waals surface area contributed by atoms with Crippen LogP contribution in [0.5, 0.6) is 0 Å². The van der Waals surface area contributed by atoms with Crippen molar-refractivity contribution in [1.29, 1.82) is 0 Å². The van der Waals surface area contributed by atoms with E-state index in [1.807, 2.05) is 0 Å². The lowest BCUT2D eigenvalue weighted by Crippen LogP contribution is -2.28. The van der Waals surface area contributed by atoms with Crippen LogP contribution in [0.25, 0.3) is 16.9 Å². The molecule has 0 saturated heterocycles. The fraction of sp³-hybridized carbons (Fsp3) is 0.125. The number of methoxy groups -OCH3 is 1. The minimum absolute atomic E-state index is 0.0173. The second-order valence-electron chi connectivity index (χ2n) is 5.11. The van der Waals surface area contributed by atoms with E-state index in [0.29, 0.717) is 15.3 Å². The zero-order valence-electron chi connectivity index (χ0n) is 13.3. The topological polar surface area (TPSA) is 79.0 Å². The molecule has 0 aliphatic rings. The molecule has 134 valence electrons. The highest BCUT2D eigenvalue weighted by atomic mass is 35.5. The fourth-order valence-corrected chi connectivity index (χ4v) is 2.36. The van der Waals surface area contributed by atoms with Crippen LogP contribution in [-0.2, 0) is 4.74 Å². The molecule has 0 fully saturated rings. The molecular weight excluding hydrogens is 370 g/mol. The maximum Gasteiger partial charge on any atom is 0.343 e. The first-order chi connectivity index (χ1) is 12.4. The molecule has 3 rings (SSSR count). The molecular formula is C16H11ClF2N4O3. The second-order valence-corrected chi connectivity index (χ2v) is 5.55. The van der Waals surface area contributed by atoms with Crippen LogP contribution in [0.2, 0.25) is 5.02 Å². The highest BCUT2D eigenvalue weighted by molar-refractivity contribution is 6.30. The number of hydrogen-bond acceptors (Lipinski definition) is 5. The van der Waals surface area contributed by atoms with Crippen molar-refractivity contribution in [3.8, 4) is 16.9 Å². The lowest BCUT2D eigenvalue weighted by molar-refractivity contribution is 0.0564. The van der Waals surface area contributed by atoms with Crippen molar-refractivity contribution >= 4 is 17.6 Å². The van der Waals surface area contributed by atoms with Gasteiger partial charge in [-0.05, 0) is 18.2 Å². The Hall–Kier alpha value is -3.07. The van der Waals surface area contributed by atoms with Gasteiger partial charge >= 0.3 is 12.5 Å². The average molecular weight is 381 g/mol. The molecule has 1 aromatic carbocycles. The Balaban J connectivity index is 2.22. The molecule has 0 amide bonds. The standard InChI is InChI=1S/C16H11ClF2N4O3/c1-26-15(25)12-6-13(9-2-4-10(17)5-3-9)21-23(14(12)24)11-7-20-22(8-11)16(18)19/h2-8,16H,1H3. The van der Waals surface area contributed by atoms with Crippen molar-refractivity contribution in [2.75, 3.05) is 7.11 Å². The van der Waals surface area contributed by atoms with Crippen LogP contribution < -0.4 is 5.56 Å². The molecule has 10 heteroatoms. The van der Waals surface area contributed by atoms with Gasteiger partial charge < -0.3 is 4.74 Å². The van der Waals surface area contributed by atoms with E-state index < -0.39 is 18.1 Å². The van der Waals surface area contributed by atoms with Gasteiger partial charge in [-0.2, -0.15) is 23.7 Å². The Morgan fingerprint density at radius 2 is 1.96 bits per heavy atom. The summed E-state index contributed by atoms with van der Waals surface area (Å²) >= 11 is 5.86. The van der Waals surface area contributed by atoms with Gasteiger partial charge in [0.1, 0.15) is 11.3 Å². The molecule has 0 radical (unpaired) electrons. The predicted octanol–water partition coefficient (Wildman–Crippen LogP) is 2.93. The number of rotatable bonds is 4. The normalized spacial score (nSPS) is 11.0. The van der Waals surface area contributed by atoms with Crippen molar-refractivity contribution in [3.05, 3.63) is 63.7 Å². The quantitative estimate of drug-likeness (QED) is 0.650. The average Bonchev–Trinajstić information content (AvgIpc) is 3.12. The first-order valence-electron chi connectivity index (χ1n) is 7.22. The Morgan fingerprint density at radius 3 is 2.54 bits per heavy atom. The first-order valence-corrected chi connectivity index (χ1v) is 7.60. The van der Waals surface area contributed by atoms with Gasteiger partial charge in [-0.25, -0.2) is 9.48 Å². The molecule has 26 heavy (non-hydrogen) atoms. The lowest BCUT2D eigenvalue weighted by atomic mass is 10.1. The van der Waals surface area contributed by atoms with Crippen LogP contribution >= 0.6 is 11.6 Å². The van der Waals surface area contributed by atoms with Crippen molar-refractivity contribution in [1.82, 2.24) is 19.6 Å². The number of esters is 1. The van der Waals surface area contributed by atoms with Gasteiger partial charge in [-0.15, -0.1) is 0 Å². The van der Waals surface area contributed by atoms with E-state index in [1.54, 1.807) is 24.3 Å². The number of benzene rings is 1. The summed E-state index contributed by atoms with van der Waals surface area (Å²) in [6, 6.07) is 7.78. The molecule has 0 unspecified atom stereocenters. The molecule has 0 saturated carbocycles. The van der Waals surface area contributed by atoms with E-state index in [-0.39, 0.29) is 16.9 Å². The largest absolute Gasteiger partial charge is 0.465 e. The predicted molar refractivity (Wildman–Crippen MR) is 88.7 cm³/mol. The summed E-state index contributed by atoms with van der Waals surface area (Å²) in [5.74, 6) is -0.873. The third kappa shape index (κ3) is 3.33. The summed E-state index contributed by atoms with van der Waals surface area (Å²) in [5.41, 5.74) is -0.307. The summed E-state index contributed by atoms with van der Waals surface area (Å²) in [6.45, 7) is -2.88. The van der Waals surface area contributed by atoms with Crippen LogP contribution in [0.4, 0.5) is 8.78 Å². The maximum atomic E-state index is 12.7. The van der Waals surface area contributed by atoms with E-state index in [1.165, 1.54) is 6.07 Å². The van der Waals surface area contributed by atoms with Gasteiger partial charge in [0.15, 0.2) is 0 Å². The number of halogens is 3. The van der Waals surface area contributed by atoms with Crippen LogP contribution in [0, 0.1) is 0 Å². The van der Waals surface area contributed by atoms with Crippen molar-refractivity contribution in [3.63, 3.8) is 0 Å². The van der Waals surface area contributed by atoms with E-state index >= 15 is 0 Å². The molecule has 3 aromatic rings. The fourth-order valence-electron chi connectivity index (χ4n) is 2.23. The maximum absolute atomic E-state index is 12.7. The Kier molecular flexibility index (Phi) is 4.81. The van der Waals surface area contributed by atoms with E-state index in [2.05, 4.69) is 14.9 Å². The molecule has 0 atom stereocenters.